The smallest absolute Gasteiger partial charge is 0.409 e. The number of carboxylic acids is 3. The number of ether oxygens (including phenoxy) is 1. The van der Waals surface area contributed by atoms with Gasteiger partial charge in [0.1, 0.15) is 71.9 Å². The number of hydrogen-bond donors (Lipinski definition) is 21. The lowest BCUT2D eigenvalue weighted by Crippen LogP contribution is -2.67. The Kier molecular flexibility index (Phi) is 42.5. The predicted octanol–water partition coefficient (Wildman–Crippen LogP) is 3.10. The van der Waals surface area contributed by atoms with Gasteiger partial charge in [0.25, 0.3) is 0 Å². The zero-order chi connectivity index (χ0) is 107. The third-order valence-corrected chi connectivity index (χ3v) is 28.6. The molecule has 3 bridgehead atoms. The maximum Gasteiger partial charge on any atom is 0.409 e. The summed E-state index contributed by atoms with van der Waals surface area (Å²) < 4.78 is 7.43. The summed E-state index contributed by atoms with van der Waals surface area (Å²) in [4.78, 5) is 266. The number of fused-ring (bicyclic) bond motifs is 4. The highest BCUT2D eigenvalue weighted by atomic mass is 79.9. The summed E-state index contributed by atoms with van der Waals surface area (Å²) in [5.41, 5.74) is 0.782. The topological polar surface area (TPSA) is 631 Å². The number of carbonyl (C=O) groups is 18. The zero-order valence-electron chi connectivity index (χ0n) is 83.9. The number of likely N-dealkylation sites (tertiary alicyclic amines) is 1. The molecule has 17 atom stereocenters. The Morgan fingerprint density at radius 3 is 1.84 bits per heavy atom. The molecule has 0 radical (unpaired) electrons. The third kappa shape index (κ3) is 34.0. The minimum absolute atomic E-state index is 0.0217. The van der Waals surface area contributed by atoms with Crippen molar-refractivity contribution in [1.29, 1.82) is 0 Å². The number of carbonyl (C=O) groups excluding carboxylic acids is 15. The molecule has 4 aromatic carbocycles. The number of rotatable bonds is 17. The van der Waals surface area contributed by atoms with Crippen molar-refractivity contribution in [1.82, 2.24) is 89.6 Å². The van der Waals surface area contributed by atoms with Gasteiger partial charge in [-0.2, -0.15) is 0 Å². The van der Waals surface area contributed by atoms with Gasteiger partial charge in [0.05, 0.1) is 54.7 Å². The lowest BCUT2D eigenvalue weighted by Gasteiger charge is -2.41. The van der Waals surface area contributed by atoms with E-state index in [1.165, 1.54) is 80.0 Å². The van der Waals surface area contributed by atoms with Crippen molar-refractivity contribution in [2.45, 2.75) is 311 Å². The summed E-state index contributed by atoms with van der Waals surface area (Å²) in [6.45, 7) is 11.1. The van der Waals surface area contributed by atoms with Crippen molar-refractivity contribution in [3.63, 3.8) is 0 Å². The SMILES string of the molecule is CC(=O)N1CCC[C@]12C/C=C\CCC[C@]1(CCCC=CCCCOC(=O)N3CC4N[C@@H](Cc5ccccc5Br)C(=O)N[C@@H](Cc5csc6ccccc56)C(=O)N[C@H](C(=O)N[C@@H](C)C(N)O)CCC(=O)NCCCC[C@H](NC(=O)[C@H](Cc5ccccc5)NC(=O)[C@H](C)NC(=O)C(C)(C)NC(=O)[C@H](Cc5cccc(C(=O)O)c5)NC(=O)[C@H](CC(=O)O)NC1=O)C(=O)N[C@@H]4C3)NC(O)[C@H](CC(C)(C)C)NC(=O)[C@H](CC(=O)O)NC2=O. The van der Waals surface area contributed by atoms with Crippen LogP contribution in [0.4, 0.5) is 4.79 Å². The highest BCUT2D eigenvalue weighted by molar-refractivity contribution is 9.10. The molecule has 5 aliphatic heterocycles. The van der Waals surface area contributed by atoms with Crippen molar-refractivity contribution in [3.05, 3.63) is 165 Å². The van der Waals surface area contributed by atoms with E-state index in [-0.39, 0.29) is 166 Å². The summed E-state index contributed by atoms with van der Waals surface area (Å²) in [5.74, 6) is -17.2. The summed E-state index contributed by atoms with van der Waals surface area (Å²) in [5, 5.41) is 99.0. The van der Waals surface area contributed by atoms with Crippen LogP contribution in [0.2, 0.25) is 0 Å². The highest BCUT2D eigenvalue weighted by Gasteiger charge is 2.51. The average molecular weight is 2130 g/mol. The summed E-state index contributed by atoms with van der Waals surface area (Å²) >= 11 is 5.04. The number of cyclic esters (lactones) is 1. The number of carboxylic acid groups (broad SMARTS) is 3. The van der Waals surface area contributed by atoms with Gasteiger partial charge in [-0.15, -0.1) is 11.3 Å². The molecule has 44 heteroatoms. The molecular formula is C103H139BrN18O24S. The van der Waals surface area contributed by atoms with E-state index in [2.05, 4.69) is 95.7 Å². The van der Waals surface area contributed by atoms with Gasteiger partial charge in [-0.1, -0.05) is 140 Å². The van der Waals surface area contributed by atoms with Crippen molar-refractivity contribution < 1.29 is 117 Å². The zero-order valence-corrected chi connectivity index (χ0v) is 86.3. The number of amides is 15. The number of aromatic carboxylic acids is 1. The number of aliphatic hydroxyl groups excluding tert-OH is 2. The average Bonchev–Trinajstić information content (AvgIpc) is 1.66. The van der Waals surface area contributed by atoms with Crippen LogP contribution in [-0.2, 0) is 107 Å². The van der Waals surface area contributed by atoms with E-state index in [9.17, 15) is 78.3 Å². The first-order valence-corrected chi connectivity index (χ1v) is 51.5. The van der Waals surface area contributed by atoms with E-state index in [1.54, 1.807) is 99.7 Å². The molecule has 42 nitrogen and oxygen atoms in total. The lowest BCUT2D eigenvalue weighted by molar-refractivity contribution is -0.146. The van der Waals surface area contributed by atoms with Gasteiger partial charge >= 0.3 is 24.0 Å². The Morgan fingerprint density at radius 2 is 1.17 bits per heavy atom. The molecule has 3 saturated heterocycles. The van der Waals surface area contributed by atoms with Crippen molar-refractivity contribution in [2.24, 2.45) is 11.1 Å². The van der Waals surface area contributed by atoms with Gasteiger partial charge in [-0.25, -0.2) is 9.59 Å². The fourth-order valence-electron chi connectivity index (χ4n) is 18.7. The summed E-state index contributed by atoms with van der Waals surface area (Å²) in [6, 6.07) is 8.59. The molecule has 147 heavy (non-hydrogen) atoms. The molecule has 2 spiro atoms. The van der Waals surface area contributed by atoms with E-state index in [4.69, 9.17) is 10.5 Å². The van der Waals surface area contributed by atoms with Crippen LogP contribution < -0.4 is 85.5 Å². The Bertz CT molecular complexity index is 5620. The van der Waals surface area contributed by atoms with Crippen LogP contribution in [0.3, 0.4) is 0 Å². The molecule has 1 aromatic heterocycles. The van der Waals surface area contributed by atoms with Crippen molar-refractivity contribution >= 4 is 144 Å². The van der Waals surface area contributed by atoms with Crippen LogP contribution in [0.5, 0.6) is 0 Å². The molecule has 798 valence electrons. The molecule has 10 rings (SSSR count). The normalized spacial score (nSPS) is 27.2. The van der Waals surface area contributed by atoms with E-state index in [0.717, 1.165) is 10.1 Å². The molecule has 22 N–H and O–H groups in total. The largest absolute Gasteiger partial charge is 0.481 e. The number of nitrogens with two attached hydrogens (primary N) is 1. The van der Waals surface area contributed by atoms with E-state index < -0.39 is 239 Å². The standard InChI is InChI=1S/C103H139BrN18O24S/c1-59(84(105)129)107-86(131)70-39-40-81(124)106-45-26-22-37-69-87(132)116-79-57-121(56-78(79)109-73(51-64-33-18-20-36-68(64)104)89(134)114-74(90(135)111-70)52-66-58-147-80-38-21-19-35-67(66)80)99(145)146-47-27-14-10-9-11-23-41-102(42-24-12-13-25-43-103(44-29-46-122(103)61(3)123)98(144)118-76(54-83(127)128)92(137)115-77(94(139)120-102)55-100(4,5)6)97(143)117-75(53-82(125)126)91(136)113-72(50-63-32-28-34-65(48-63)95(140)141)93(138)119-101(7,8)96(142)108-60(2)85(130)112-71(88(133)110-69)49-62-30-16-15-17-31-62/h9-10,13,15-21,25,28,30-36,38,48,58-60,69-79,84,94,109,120,129,139H,11-12,14,22-24,26-27,29,37,39-47,49-57,105H2,1-8H3,(H,106,124)(H,107,131)(H,108,142)(H,110,133)(H,111,135)(H,112,130)(H,113,136)(H,114,134)(H,115,137)(H,116,132)(H,117,143)(H,118,144)(H,119,138)(H,125,126)(H,127,128)(H,140,141)/b10-9?,25-13-/t59-,60-,69-,70-,71-,72-,73-,74-,75-,76-,77-,78?,79+,84?,94?,102-,103-/m0/s1. The molecule has 6 heterocycles. The highest BCUT2D eigenvalue weighted by Crippen LogP contribution is 2.36. The number of allylic oxidation sites excluding steroid dienone is 3. The second-order valence-electron chi connectivity index (χ2n) is 40.1. The maximum atomic E-state index is 16.2. The molecule has 3 unspecified atom stereocenters. The lowest BCUT2D eigenvalue weighted by atomic mass is 9.83. The fraction of sp³-hybridized carbons (Fsp3) is 0.534. The Labute approximate surface area is 865 Å². The maximum absolute atomic E-state index is 16.2. The van der Waals surface area contributed by atoms with E-state index in [0.29, 0.717) is 27.6 Å². The minimum atomic E-state index is -2.12. The number of thiophene rings is 1. The van der Waals surface area contributed by atoms with Gasteiger partial charge < -0.3 is 115 Å². The van der Waals surface area contributed by atoms with Gasteiger partial charge in [-0.3, -0.25) is 87.3 Å². The van der Waals surface area contributed by atoms with E-state index >= 15 is 33.6 Å². The van der Waals surface area contributed by atoms with Crippen molar-refractivity contribution in [2.75, 3.05) is 32.8 Å². The molecule has 0 saturated carbocycles. The first-order chi connectivity index (χ1) is 69.7. The summed E-state index contributed by atoms with van der Waals surface area (Å²) in [7, 11) is 0. The van der Waals surface area contributed by atoms with Gasteiger partial charge in [-0.05, 0) is 200 Å². The third-order valence-electron chi connectivity index (χ3n) is 26.8. The van der Waals surface area contributed by atoms with E-state index in [1.807, 2.05) is 29.6 Å². The molecule has 15 amide bonds. The van der Waals surface area contributed by atoms with Gasteiger partial charge in [0, 0.05) is 74.0 Å². The fourth-order valence-corrected chi connectivity index (χ4v) is 20.1. The number of halogens is 1. The number of aliphatic hydroxyl groups is 2. The quantitative estimate of drug-likeness (QED) is 0.0470. The molecule has 5 aliphatic rings. The van der Waals surface area contributed by atoms with Crippen LogP contribution in [-0.4, -0.2) is 282 Å². The molecule has 5 aromatic rings. The first kappa shape index (κ1) is 116. The Balaban J connectivity index is 1.05. The second-order valence-corrected chi connectivity index (χ2v) is 41.8. The monoisotopic (exact) mass is 2120 g/mol. The first-order valence-electron chi connectivity index (χ1n) is 49.8. The molecule has 3 fully saturated rings. The van der Waals surface area contributed by atoms with Crippen molar-refractivity contribution in [3.8, 4) is 0 Å². The summed E-state index contributed by atoms with van der Waals surface area (Å²) in [6.07, 6.45) is -0.669. The van der Waals surface area contributed by atoms with Crippen LogP contribution in [0.1, 0.15) is 210 Å². The van der Waals surface area contributed by atoms with Gasteiger partial charge in [0.15, 0.2) is 0 Å². The Morgan fingerprint density at radius 1 is 0.585 bits per heavy atom. The van der Waals surface area contributed by atoms with Crippen LogP contribution in [0, 0.1) is 5.41 Å². The molecular weight excluding hydrogens is 1990 g/mol. The Hall–Kier alpha value is -13.1. The van der Waals surface area contributed by atoms with Crippen LogP contribution in [0.15, 0.2) is 137 Å². The number of hydrogen-bond acceptors (Lipinski definition) is 25. The minimum Gasteiger partial charge on any atom is -0.481 e. The molecule has 0 aliphatic carbocycles. The second kappa shape index (κ2) is 54.0. The van der Waals surface area contributed by atoms with Crippen LogP contribution in [0.25, 0.3) is 10.1 Å². The van der Waals surface area contributed by atoms with Crippen LogP contribution >= 0.6 is 27.3 Å². The number of aliphatic carboxylic acids is 2. The number of benzene rings is 4. The van der Waals surface area contributed by atoms with Gasteiger partial charge in [0.2, 0.25) is 82.7 Å². The predicted molar refractivity (Wildman–Crippen MR) is 545 cm³/mol. The number of nitrogens with zero attached hydrogens (tertiary/aromatic N) is 2. The number of nitrogens with one attached hydrogen (secondary N) is 15.